The molecule has 1 aromatic heterocycles. The van der Waals surface area contributed by atoms with Crippen LogP contribution in [0.1, 0.15) is 35.7 Å². The van der Waals surface area contributed by atoms with Gasteiger partial charge in [0, 0.05) is 35.2 Å². The number of nitrogens with one attached hydrogen (secondary N) is 1. The first-order chi connectivity index (χ1) is 20.7. The van der Waals surface area contributed by atoms with Crippen LogP contribution in [0.2, 0.25) is 0 Å². The molecule has 5 rings (SSSR count). The molecule has 0 aliphatic rings. The quantitative estimate of drug-likeness (QED) is 0.169. The molecule has 0 bridgehead atoms. The third-order valence-electron chi connectivity index (χ3n) is 6.54. The van der Waals surface area contributed by atoms with Gasteiger partial charge < -0.3 is 19.6 Å². The number of benzene rings is 4. The van der Waals surface area contributed by atoms with E-state index in [1.54, 1.807) is 79.7 Å². The largest absolute Gasteiger partial charge is 0.493 e. The molecular weight excluding hydrogens is 516 g/mol. The van der Waals surface area contributed by atoms with Crippen molar-refractivity contribution < 1.29 is 26.6 Å². The van der Waals surface area contributed by atoms with Crippen LogP contribution in [0.15, 0.2) is 114 Å². The number of para-hydroxylation sites is 1. The summed E-state index contributed by atoms with van der Waals surface area (Å²) >= 11 is 0. The van der Waals surface area contributed by atoms with Gasteiger partial charge in [-0.25, -0.2) is 9.78 Å². The molecule has 0 aliphatic heterocycles. The number of oxazole rings is 1. The van der Waals surface area contributed by atoms with Gasteiger partial charge in [0.15, 0.2) is 5.78 Å². The van der Waals surface area contributed by atoms with Crippen LogP contribution in [-0.4, -0.2) is 34.4 Å². The number of carboxylic acid groups (broad SMARTS) is 1. The summed E-state index contributed by atoms with van der Waals surface area (Å²) in [5, 5.41) is 13.0. The Kier molecular flexibility index (Phi) is 7.75. The summed E-state index contributed by atoms with van der Waals surface area (Å²) in [6.07, 6.45) is -0.000196. The van der Waals surface area contributed by atoms with Gasteiger partial charge in [0.25, 0.3) is 0 Å². The summed E-state index contributed by atoms with van der Waals surface area (Å²) in [4.78, 5) is 29.7. The van der Waals surface area contributed by atoms with Crippen molar-refractivity contribution in [1.82, 2.24) is 4.98 Å². The molecule has 41 heavy (non-hydrogen) atoms. The Morgan fingerprint density at radius 1 is 0.927 bits per heavy atom. The van der Waals surface area contributed by atoms with Crippen molar-refractivity contribution in [2.75, 3.05) is 11.9 Å². The third kappa shape index (κ3) is 6.89. The van der Waals surface area contributed by atoms with Gasteiger partial charge in [-0.1, -0.05) is 72.8 Å². The Morgan fingerprint density at radius 2 is 1.59 bits per heavy atom. The minimum atomic E-state index is -2.07. The number of carboxylic acids is 1. The summed E-state index contributed by atoms with van der Waals surface area (Å²) in [6.45, 7) is -0.334. The fourth-order valence-electron chi connectivity index (χ4n) is 4.35. The van der Waals surface area contributed by atoms with Crippen LogP contribution in [0.25, 0.3) is 11.5 Å². The molecule has 2 N–H and O–H groups in total. The Bertz CT molecular complexity index is 1700. The number of nitrogens with zero attached hydrogens (tertiary/aromatic N) is 1. The van der Waals surface area contributed by atoms with Gasteiger partial charge in [-0.15, -0.1) is 0 Å². The number of hydrogen-bond donors (Lipinski definition) is 2. The Labute approximate surface area is 241 Å². The lowest BCUT2D eigenvalue weighted by atomic mass is 10.00. The average Bonchev–Trinajstić information content (AvgIpc) is 3.37. The van der Waals surface area contributed by atoms with Crippen LogP contribution in [0.4, 0.5) is 5.69 Å². The highest BCUT2D eigenvalue weighted by atomic mass is 16.5. The molecule has 5 aromatic rings. The van der Waals surface area contributed by atoms with Crippen LogP contribution in [0.3, 0.4) is 0 Å². The van der Waals surface area contributed by atoms with Crippen molar-refractivity contribution >= 4 is 17.4 Å². The maximum atomic E-state index is 13.1. The van der Waals surface area contributed by atoms with Gasteiger partial charge in [0.1, 0.15) is 17.6 Å². The highest BCUT2D eigenvalue weighted by Gasteiger charge is 2.21. The van der Waals surface area contributed by atoms with Crippen molar-refractivity contribution in [2.45, 2.75) is 25.8 Å². The number of carbonyl (C=O) groups excluding carboxylic acids is 1. The molecule has 206 valence electrons. The minimum Gasteiger partial charge on any atom is -0.493 e. The van der Waals surface area contributed by atoms with E-state index in [0.29, 0.717) is 39.7 Å². The Hall–Kier alpha value is -5.17. The van der Waals surface area contributed by atoms with E-state index in [1.807, 2.05) is 36.4 Å². The van der Waals surface area contributed by atoms with E-state index >= 15 is 0 Å². The first-order valence-electron chi connectivity index (χ1n) is 14.2. The monoisotopic (exact) mass is 550 g/mol. The number of anilines is 1. The smallest absolute Gasteiger partial charge is 0.326 e. The third-order valence-corrected chi connectivity index (χ3v) is 6.54. The summed E-state index contributed by atoms with van der Waals surface area (Å²) in [6, 6.07) is 30.6. The van der Waals surface area contributed by atoms with Gasteiger partial charge in [-0.2, -0.15) is 0 Å². The van der Waals surface area contributed by atoms with Crippen molar-refractivity contribution in [1.29, 1.82) is 0 Å². The summed E-state index contributed by atoms with van der Waals surface area (Å²) in [7, 11) is 0. The first-order valence-corrected chi connectivity index (χ1v) is 13.2. The van der Waals surface area contributed by atoms with E-state index in [1.165, 1.54) is 0 Å². The lowest BCUT2D eigenvalue weighted by Gasteiger charge is -2.18. The predicted octanol–water partition coefficient (Wildman–Crippen LogP) is 6.61. The molecule has 0 spiro atoms. The molecule has 7 nitrogen and oxygen atoms in total. The van der Waals surface area contributed by atoms with Crippen LogP contribution in [0, 0.1) is 6.92 Å². The molecular formula is C34H30N2O5. The number of carbonyl (C=O) groups is 2. The summed E-state index contributed by atoms with van der Waals surface area (Å²) < 4.78 is 28.2. The molecule has 1 heterocycles. The molecule has 1 atom stereocenters. The zero-order valence-corrected chi connectivity index (χ0v) is 22.4. The first kappa shape index (κ1) is 24.8. The summed E-state index contributed by atoms with van der Waals surface area (Å²) in [5.74, 6) is -0.0585. The molecule has 7 heteroatoms. The second-order valence-electron chi connectivity index (χ2n) is 9.44. The average molecular weight is 551 g/mol. The fourth-order valence-corrected chi connectivity index (χ4v) is 4.35. The molecule has 0 fully saturated rings. The molecule has 0 unspecified atom stereocenters. The van der Waals surface area contributed by atoms with Gasteiger partial charge in [-0.3, -0.25) is 4.79 Å². The van der Waals surface area contributed by atoms with Crippen molar-refractivity contribution in [3.8, 4) is 17.2 Å². The number of ether oxygens (including phenoxy) is 1. The van der Waals surface area contributed by atoms with E-state index in [-0.39, 0.29) is 24.4 Å². The zero-order chi connectivity index (χ0) is 30.4. The number of aromatic nitrogens is 1. The van der Waals surface area contributed by atoms with Gasteiger partial charge in [0.2, 0.25) is 5.89 Å². The van der Waals surface area contributed by atoms with E-state index in [4.69, 9.17) is 11.9 Å². The van der Waals surface area contributed by atoms with Crippen molar-refractivity contribution in [2.24, 2.45) is 0 Å². The van der Waals surface area contributed by atoms with E-state index in [2.05, 4.69) is 10.3 Å². The Balaban J connectivity index is 1.25. The van der Waals surface area contributed by atoms with Crippen molar-refractivity contribution in [3.05, 3.63) is 137 Å². The lowest BCUT2D eigenvalue weighted by Crippen LogP contribution is -2.32. The van der Waals surface area contributed by atoms with Gasteiger partial charge in [0.05, 0.1) is 15.0 Å². The molecule has 0 radical (unpaired) electrons. The number of rotatable bonds is 12. The molecule has 0 amide bonds. The number of hydrogen-bond acceptors (Lipinski definition) is 6. The summed E-state index contributed by atoms with van der Waals surface area (Å²) in [5.41, 5.74) is 3.27. The predicted molar refractivity (Wildman–Crippen MR) is 157 cm³/mol. The van der Waals surface area contributed by atoms with Gasteiger partial charge in [-0.05, 0) is 48.9 Å². The standard InChI is InChI=1S/C34H30N2O5/c1-23-29(36-33(41-23)26-12-6-3-7-13-26)20-21-40-27-18-16-24(17-19-27)22-31(34(38)39)35-30-15-9-8-14-28(30)32(37)25-10-4-2-5-11-25/h2-19,31,35H,20-22H2,1H3,(H,38,39)/t31-/m0/s1/i21T2. The normalized spacial score (nSPS) is 12.6. The SMILES string of the molecule is [3H]C([3H])(Cc1nc(-c2ccccc2)oc1C)Oc1ccc(C[C@H](Nc2ccccc2C(=O)c2ccccc2)C(=O)O)cc1. The van der Waals surface area contributed by atoms with E-state index in [9.17, 15) is 14.7 Å². The zero-order valence-electron chi connectivity index (χ0n) is 24.4. The highest BCUT2D eigenvalue weighted by molar-refractivity contribution is 6.12. The van der Waals surface area contributed by atoms with E-state index < -0.39 is 18.6 Å². The number of aryl methyl sites for hydroxylation is 2. The molecule has 0 aliphatic carbocycles. The molecule has 0 saturated carbocycles. The van der Waals surface area contributed by atoms with Crippen LogP contribution in [0.5, 0.6) is 5.75 Å². The maximum Gasteiger partial charge on any atom is 0.326 e. The highest BCUT2D eigenvalue weighted by Crippen LogP contribution is 2.23. The Morgan fingerprint density at radius 3 is 2.29 bits per heavy atom. The van der Waals surface area contributed by atoms with Gasteiger partial charge >= 0.3 is 5.97 Å². The van der Waals surface area contributed by atoms with Crippen LogP contribution >= 0.6 is 0 Å². The topological polar surface area (TPSA) is 102 Å². The maximum absolute atomic E-state index is 13.1. The van der Waals surface area contributed by atoms with Crippen molar-refractivity contribution in [3.63, 3.8) is 0 Å². The van der Waals surface area contributed by atoms with Crippen LogP contribution < -0.4 is 10.1 Å². The fraction of sp³-hybridized carbons (Fsp3) is 0.147. The number of ketones is 1. The second kappa shape index (κ2) is 12.8. The van der Waals surface area contributed by atoms with Crippen LogP contribution in [-0.2, 0) is 17.6 Å². The van der Waals surface area contributed by atoms with E-state index in [0.717, 1.165) is 5.56 Å². The lowest BCUT2D eigenvalue weighted by molar-refractivity contribution is -0.137. The second-order valence-corrected chi connectivity index (χ2v) is 9.44. The minimum absolute atomic E-state index is 0.122. The number of aliphatic carboxylic acids is 1. The molecule has 0 saturated heterocycles. The molecule has 4 aromatic carbocycles.